The Labute approximate surface area is 130 Å². The third-order valence-electron chi connectivity index (χ3n) is 2.89. The van der Waals surface area contributed by atoms with Gasteiger partial charge in [0.05, 0.1) is 17.1 Å². The average molecular weight is 357 g/mol. The SMILES string of the molecule is CN(C(=O)Cc1cccc(F)c1)c1ccc(Br)cc1Cl. The molecule has 0 saturated heterocycles. The molecule has 5 heteroatoms. The topological polar surface area (TPSA) is 20.3 Å². The minimum Gasteiger partial charge on any atom is -0.314 e. The number of benzene rings is 2. The van der Waals surface area contributed by atoms with Crippen molar-refractivity contribution < 1.29 is 9.18 Å². The summed E-state index contributed by atoms with van der Waals surface area (Å²) in [7, 11) is 1.65. The van der Waals surface area contributed by atoms with E-state index in [0.717, 1.165) is 4.47 Å². The van der Waals surface area contributed by atoms with E-state index >= 15 is 0 Å². The van der Waals surface area contributed by atoms with Gasteiger partial charge in [-0.1, -0.05) is 39.7 Å². The highest BCUT2D eigenvalue weighted by molar-refractivity contribution is 9.10. The molecule has 0 N–H and O–H groups in total. The molecular formula is C15H12BrClFNO. The van der Waals surface area contributed by atoms with Gasteiger partial charge in [0, 0.05) is 11.5 Å². The van der Waals surface area contributed by atoms with Crippen molar-refractivity contribution in [2.45, 2.75) is 6.42 Å². The van der Waals surface area contributed by atoms with E-state index in [9.17, 15) is 9.18 Å². The van der Waals surface area contributed by atoms with Crippen molar-refractivity contribution in [1.29, 1.82) is 0 Å². The second-order valence-electron chi connectivity index (χ2n) is 4.36. The highest BCUT2D eigenvalue weighted by atomic mass is 79.9. The predicted octanol–water partition coefficient (Wildman–Crippen LogP) is 4.45. The fraction of sp³-hybridized carbons (Fsp3) is 0.133. The van der Waals surface area contributed by atoms with E-state index in [2.05, 4.69) is 15.9 Å². The highest BCUT2D eigenvalue weighted by Gasteiger charge is 2.14. The van der Waals surface area contributed by atoms with Crippen LogP contribution in [0.3, 0.4) is 0 Å². The van der Waals surface area contributed by atoms with Crippen molar-refractivity contribution in [2.24, 2.45) is 0 Å². The van der Waals surface area contributed by atoms with Crippen molar-refractivity contribution in [3.05, 3.63) is 63.3 Å². The molecule has 0 radical (unpaired) electrons. The minimum absolute atomic E-state index is 0.126. The Kier molecular flexibility index (Phi) is 4.78. The maximum absolute atomic E-state index is 13.1. The molecule has 0 fully saturated rings. The first-order chi connectivity index (χ1) is 9.47. The molecule has 20 heavy (non-hydrogen) atoms. The van der Waals surface area contributed by atoms with Crippen LogP contribution < -0.4 is 4.90 Å². The van der Waals surface area contributed by atoms with Gasteiger partial charge in [-0.25, -0.2) is 4.39 Å². The van der Waals surface area contributed by atoms with Crippen LogP contribution in [-0.2, 0) is 11.2 Å². The average Bonchev–Trinajstić information content (AvgIpc) is 2.38. The van der Waals surface area contributed by atoms with Crippen LogP contribution in [0.1, 0.15) is 5.56 Å². The molecule has 0 aliphatic rings. The molecule has 0 unspecified atom stereocenters. The first-order valence-electron chi connectivity index (χ1n) is 5.93. The lowest BCUT2D eigenvalue weighted by Crippen LogP contribution is -2.28. The van der Waals surface area contributed by atoms with E-state index < -0.39 is 0 Å². The van der Waals surface area contributed by atoms with E-state index in [1.807, 2.05) is 6.07 Å². The zero-order valence-corrected chi connectivity index (χ0v) is 13.1. The summed E-state index contributed by atoms with van der Waals surface area (Å²) in [5.74, 6) is -0.501. The number of hydrogen-bond donors (Lipinski definition) is 0. The molecule has 0 aliphatic heterocycles. The molecule has 104 valence electrons. The van der Waals surface area contributed by atoms with Crippen molar-refractivity contribution in [1.82, 2.24) is 0 Å². The second kappa shape index (κ2) is 6.37. The van der Waals surface area contributed by atoms with E-state index in [0.29, 0.717) is 16.3 Å². The van der Waals surface area contributed by atoms with Crippen LogP contribution in [0.15, 0.2) is 46.9 Å². The number of anilines is 1. The zero-order valence-electron chi connectivity index (χ0n) is 10.7. The summed E-state index contributed by atoms with van der Waals surface area (Å²) in [4.78, 5) is 13.7. The number of rotatable bonds is 3. The largest absolute Gasteiger partial charge is 0.314 e. The van der Waals surface area contributed by atoms with Gasteiger partial charge in [0.15, 0.2) is 0 Å². The Morgan fingerprint density at radius 3 is 2.70 bits per heavy atom. The van der Waals surface area contributed by atoms with Crippen LogP contribution in [0, 0.1) is 5.82 Å². The smallest absolute Gasteiger partial charge is 0.231 e. The summed E-state index contributed by atoms with van der Waals surface area (Å²) in [6.07, 6.45) is 0.126. The first-order valence-corrected chi connectivity index (χ1v) is 7.10. The van der Waals surface area contributed by atoms with E-state index in [1.165, 1.54) is 17.0 Å². The van der Waals surface area contributed by atoms with Crippen molar-refractivity contribution in [3.63, 3.8) is 0 Å². The van der Waals surface area contributed by atoms with Gasteiger partial charge in [-0.05, 0) is 35.9 Å². The number of amides is 1. The Morgan fingerprint density at radius 1 is 1.30 bits per heavy atom. The summed E-state index contributed by atoms with van der Waals surface area (Å²) in [6.45, 7) is 0. The molecule has 0 spiro atoms. The third-order valence-corrected chi connectivity index (χ3v) is 3.69. The summed E-state index contributed by atoms with van der Waals surface area (Å²) >= 11 is 9.43. The van der Waals surface area contributed by atoms with Gasteiger partial charge in [-0.2, -0.15) is 0 Å². The lowest BCUT2D eigenvalue weighted by molar-refractivity contribution is -0.117. The highest BCUT2D eigenvalue weighted by Crippen LogP contribution is 2.28. The van der Waals surface area contributed by atoms with Gasteiger partial charge >= 0.3 is 0 Å². The van der Waals surface area contributed by atoms with E-state index in [-0.39, 0.29) is 18.1 Å². The van der Waals surface area contributed by atoms with Crippen LogP contribution in [0.25, 0.3) is 0 Å². The Hall–Kier alpha value is -1.39. The molecule has 0 heterocycles. The van der Waals surface area contributed by atoms with Crippen molar-refractivity contribution in [2.75, 3.05) is 11.9 Å². The summed E-state index contributed by atoms with van der Waals surface area (Å²) in [5, 5.41) is 0.481. The van der Waals surface area contributed by atoms with Gasteiger partial charge in [0.2, 0.25) is 5.91 Å². The zero-order chi connectivity index (χ0) is 14.7. The molecular weight excluding hydrogens is 345 g/mol. The normalized spacial score (nSPS) is 10.4. The quantitative estimate of drug-likeness (QED) is 0.796. The molecule has 0 atom stereocenters. The van der Waals surface area contributed by atoms with Crippen LogP contribution in [0.2, 0.25) is 5.02 Å². The van der Waals surface area contributed by atoms with Gasteiger partial charge in [0.25, 0.3) is 0 Å². The Balaban J connectivity index is 2.16. The predicted molar refractivity (Wildman–Crippen MR) is 82.7 cm³/mol. The Bertz CT molecular complexity index is 648. The lowest BCUT2D eigenvalue weighted by Gasteiger charge is -2.19. The van der Waals surface area contributed by atoms with Crippen molar-refractivity contribution in [3.8, 4) is 0 Å². The number of nitrogens with zero attached hydrogens (tertiary/aromatic N) is 1. The summed E-state index contributed by atoms with van der Waals surface area (Å²) in [6, 6.07) is 11.3. The van der Waals surface area contributed by atoms with Gasteiger partial charge < -0.3 is 4.90 Å². The Morgan fingerprint density at radius 2 is 2.05 bits per heavy atom. The molecule has 2 rings (SSSR count). The molecule has 2 aromatic carbocycles. The van der Waals surface area contributed by atoms with Crippen molar-refractivity contribution >= 4 is 39.1 Å². The molecule has 0 saturated carbocycles. The van der Waals surface area contributed by atoms with Crippen LogP contribution >= 0.6 is 27.5 Å². The first kappa shape index (κ1) is 15.0. The molecule has 1 amide bonds. The number of halogens is 3. The number of hydrogen-bond acceptors (Lipinski definition) is 1. The van der Waals surface area contributed by atoms with E-state index in [4.69, 9.17) is 11.6 Å². The van der Waals surface area contributed by atoms with Gasteiger partial charge in [-0.15, -0.1) is 0 Å². The maximum atomic E-state index is 13.1. The fourth-order valence-electron chi connectivity index (χ4n) is 1.83. The monoisotopic (exact) mass is 355 g/mol. The second-order valence-corrected chi connectivity index (χ2v) is 5.68. The lowest BCUT2D eigenvalue weighted by atomic mass is 10.1. The van der Waals surface area contributed by atoms with Gasteiger partial charge in [-0.3, -0.25) is 4.79 Å². The maximum Gasteiger partial charge on any atom is 0.231 e. The summed E-state index contributed by atoms with van der Waals surface area (Å²) < 4.78 is 13.9. The molecule has 0 aromatic heterocycles. The summed E-state index contributed by atoms with van der Waals surface area (Å²) in [5.41, 5.74) is 1.26. The molecule has 0 bridgehead atoms. The van der Waals surface area contributed by atoms with E-state index in [1.54, 1.807) is 31.3 Å². The number of carbonyl (C=O) groups is 1. The number of carbonyl (C=O) groups excluding carboxylic acids is 1. The fourth-order valence-corrected chi connectivity index (χ4v) is 2.63. The molecule has 0 aliphatic carbocycles. The van der Waals surface area contributed by atoms with Crippen LogP contribution in [0.4, 0.5) is 10.1 Å². The van der Waals surface area contributed by atoms with Gasteiger partial charge in [0.1, 0.15) is 5.82 Å². The minimum atomic E-state index is -0.348. The van der Waals surface area contributed by atoms with Crippen LogP contribution in [0.5, 0.6) is 0 Å². The molecule has 2 nitrogen and oxygen atoms in total. The standard InChI is InChI=1S/C15H12BrClFNO/c1-19(14-6-5-11(16)9-13(14)17)15(20)8-10-3-2-4-12(18)7-10/h2-7,9H,8H2,1H3. The third kappa shape index (κ3) is 3.58. The van der Waals surface area contributed by atoms with Crippen LogP contribution in [-0.4, -0.2) is 13.0 Å². The number of likely N-dealkylation sites (N-methyl/N-ethyl adjacent to an activating group) is 1. The molecule has 2 aromatic rings.